The van der Waals surface area contributed by atoms with Gasteiger partial charge in [0.25, 0.3) is 0 Å². The molecule has 10 heteroatoms. The third kappa shape index (κ3) is 4.55. The molecular formula is C24H37N5O4S. The van der Waals surface area contributed by atoms with E-state index in [1.54, 1.807) is 12.1 Å². The highest BCUT2D eigenvalue weighted by atomic mass is 32.2. The zero-order valence-corrected chi connectivity index (χ0v) is 21.4. The van der Waals surface area contributed by atoms with Crippen LogP contribution in [0.25, 0.3) is 0 Å². The first-order chi connectivity index (χ1) is 16.3. The maximum absolute atomic E-state index is 13.6. The molecule has 3 aliphatic heterocycles. The third-order valence-electron chi connectivity index (χ3n) is 7.41. The monoisotopic (exact) mass is 491 g/mol. The van der Waals surface area contributed by atoms with E-state index in [0.29, 0.717) is 31.9 Å². The summed E-state index contributed by atoms with van der Waals surface area (Å²) in [4.78, 5) is 34.7. The van der Waals surface area contributed by atoms with E-state index in [1.165, 1.54) is 9.21 Å². The zero-order chi connectivity index (χ0) is 24.5. The van der Waals surface area contributed by atoms with Gasteiger partial charge in [0, 0.05) is 45.8 Å². The number of hydrogen-bond donors (Lipinski definition) is 0. The Kier molecular flexibility index (Phi) is 7.49. The molecule has 0 aliphatic carbocycles. The molecule has 0 spiro atoms. The van der Waals surface area contributed by atoms with Crippen molar-refractivity contribution in [2.45, 2.75) is 51.0 Å². The van der Waals surface area contributed by atoms with Crippen LogP contribution >= 0.6 is 0 Å². The van der Waals surface area contributed by atoms with Gasteiger partial charge in [0.15, 0.2) is 0 Å². The van der Waals surface area contributed by atoms with E-state index in [1.807, 2.05) is 24.8 Å². The van der Waals surface area contributed by atoms with Gasteiger partial charge in [-0.05, 0) is 44.0 Å². The summed E-state index contributed by atoms with van der Waals surface area (Å²) in [6.07, 6.45) is 2.71. The Bertz CT molecular complexity index is 1020. The normalized spacial score (nSPS) is 21.6. The number of sulfonamides is 1. The average Bonchev–Trinajstić information content (AvgIpc) is 2.86. The number of carbonyl (C=O) groups is 2. The molecule has 0 aromatic heterocycles. The zero-order valence-electron chi connectivity index (χ0n) is 20.6. The number of carbonyl (C=O) groups excluding carboxylic acids is 2. The lowest BCUT2D eigenvalue weighted by Gasteiger charge is -2.45. The van der Waals surface area contributed by atoms with Gasteiger partial charge in [-0.2, -0.15) is 4.31 Å². The number of hydrogen-bond acceptors (Lipinski definition) is 6. The topological polar surface area (TPSA) is 84.5 Å². The number of likely N-dealkylation sites (N-methyl/N-ethyl adjacent to an activating group) is 1. The number of fused-ring (bicyclic) bond motifs is 3. The van der Waals surface area contributed by atoms with Gasteiger partial charge in [0.05, 0.1) is 16.3 Å². The van der Waals surface area contributed by atoms with E-state index in [9.17, 15) is 18.0 Å². The molecule has 2 saturated heterocycles. The Morgan fingerprint density at radius 3 is 2.35 bits per heavy atom. The Morgan fingerprint density at radius 2 is 1.71 bits per heavy atom. The van der Waals surface area contributed by atoms with Crippen molar-refractivity contribution in [1.82, 2.24) is 14.1 Å². The van der Waals surface area contributed by atoms with E-state index in [4.69, 9.17) is 0 Å². The highest BCUT2D eigenvalue weighted by Gasteiger charge is 2.41. The van der Waals surface area contributed by atoms with Crippen LogP contribution in [0.1, 0.15) is 40.0 Å². The number of benzene rings is 1. The van der Waals surface area contributed by atoms with Gasteiger partial charge in [0.1, 0.15) is 12.6 Å². The van der Waals surface area contributed by atoms with Crippen LogP contribution in [0, 0.1) is 0 Å². The summed E-state index contributed by atoms with van der Waals surface area (Å²) < 4.78 is 27.8. The summed E-state index contributed by atoms with van der Waals surface area (Å²) in [7, 11) is -3.69. The second kappa shape index (κ2) is 10.2. The SMILES string of the molecule is CCN1CCN(C(=O)CN2C(=O)[C@H]3CCCCN3c3ccc(S(=O)(=O)N(CC)CC)cc32)CC1. The van der Waals surface area contributed by atoms with Crippen LogP contribution in [-0.4, -0.2) is 99.3 Å². The Hall–Kier alpha value is -2.17. The number of piperazine rings is 1. The van der Waals surface area contributed by atoms with Crippen LogP contribution < -0.4 is 9.80 Å². The third-order valence-corrected chi connectivity index (χ3v) is 9.46. The van der Waals surface area contributed by atoms with E-state index >= 15 is 0 Å². The van der Waals surface area contributed by atoms with Crippen molar-refractivity contribution in [2.24, 2.45) is 0 Å². The number of anilines is 2. The molecule has 2 amide bonds. The predicted molar refractivity (Wildman–Crippen MR) is 133 cm³/mol. The van der Waals surface area contributed by atoms with Crippen molar-refractivity contribution in [3.05, 3.63) is 18.2 Å². The van der Waals surface area contributed by atoms with E-state index in [2.05, 4.69) is 16.7 Å². The smallest absolute Gasteiger partial charge is 0.250 e. The van der Waals surface area contributed by atoms with Gasteiger partial charge >= 0.3 is 0 Å². The molecule has 1 aromatic carbocycles. The first-order valence-corrected chi connectivity index (χ1v) is 14.0. The fourth-order valence-corrected chi connectivity index (χ4v) is 6.80. The molecule has 3 heterocycles. The lowest BCUT2D eigenvalue weighted by molar-refractivity contribution is -0.133. The standard InChI is InChI=1S/C24H37N5O4S/c1-4-25-13-15-26(16-14-25)23(30)18-29-22-17-19(34(32,33)27(5-2)6-3)10-11-20(22)28-12-8-7-9-21(28)24(29)31/h10-11,17,21H,4-9,12-16,18H2,1-3H3/t21-/m1/s1. The molecule has 2 fully saturated rings. The molecule has 0 saturated carbocycles. The Balaban J connectivity index is 1.68. The van der Waals surface area contributed by atoms with E-state index in [-0.39, 0.29) is 29.3 Å². The van der Waals surface area contributed by atoms with Crippen molar-refractivity contribution < 1.29 is 18.0 Å². The minimum atomic E-state index is -3.69. The summed E-state index contributed by atoms with van der Waals surface area (Å²) >= 11 is 0. The van der Waals surface area contributed by atoms with Crippen LogP contribution in [0.3, 0.4) is 0 Å². The minimum Gasteiger partial charge on any atom is -0.358 e. The highest BCUT2D eigenvalue weighted by Crippen LogP contribution is 2.41. The van der Waals surface area contributed by atoms with Gasteiger partial charge < -0.3 is 14.7 Å². The van der Waals surface area contributed by atoms with Crippen molar-refractivity contribution in [3.63, 3.8) is 0 Å². The summed E-state index contributed by atoms with van der Waals surface area (Å²) in [5, 5.41) is 0. The van der Waals surface area contributed by atoms with Gasteiger partial charge in [0.2, 0.25) is 21.8 Å². The Labute approximate surface area is 203 Å². The first-order valence-electron chi connectivity index (χ1n) is 12.5. The lowest BCUT2D eigenvalue weighted by atomic mass is 9.96. The number of nitrogens with zero attached hydrogens (tertiary/aromatic N) is 5. The van der Waals surface area contributed by atoms with Crippen molar-refractivity contribution in [3.8, 4) is 0 Å². The van der Waals surface area contributed by atoms with Crippen LogP contribution in [0.2, 0.25) is 0 Å². The van der Waals surface area contributed by atoms with Gasteiger partial charge in [-0.1, -0.05) is 20.8 Å². The van der Waals surface area contributed by atoms with Crippen LogP contribution in [0.5, 0.6) is 0 Å². The van der Waals surface area contributed by atoms with E-state index < -0.39 is 10.0 Å². The molecule has 3 aliphatic rings. The summed E-state index contributed by atoms with van der Waals surface area (Å²) in [5.41, 5.74) is 1.36. The van der Waals surface area contributed by atoms with Gasteiger partial charge in [-0.15, -0.1) is 0 Å². The molecular weight excluding hydrogens is 454 g/mol. The molecule has 9 nitrogen and oxygen atoms in total. The highest BCUT2D eigenvalue weighted by molar-refractivity contribution is 7.89. The number of amides is 2. The Morgan fingerprint density at radius 1 is 1.00 bits per heavy atom. The van der Waals surface area contributed by atoms with Gasteiger partial charge in [-0.25, -0.2) is 8.42 Å². The quantitative estimate of drug-likeness (QED) is 0.576. The second-order valence-corrected chi connectivity index (χ2v) is 11.1. The minimum absolute atomic E-state index is 0.0585. The van der Waals surface area contributed by atoms with Gasteiger partial charge in [-0.3, -0.25) is 14.5 Å². The molecule has 0 bridgehead atoms. The molecule has 188 valence electrons. The summed E-state index contributed by atoms with van der Waals surface area (Å²) in [6.45, 7) is 11.1. The predicted octanol–water partition coefficient (Wildman–Crippen LogP) is 1.59. The molecule has 34 heavy (non-hydrogen) atoms. The number of rotatable bonds is 7. The summed E-state index contributed by atoms with van der Waals surface area (Å²) in [6, 6.07) is 4.75. The molecule has 1 aromatic rings. The second-order valence-electron chi connectivity index (χ2n) is 9.18. The molecule has 0 N–H and O–H groups in total. The molecule has 0 radical (unpaired) electrons. The molecule has 4 rings (SSSR count). The average molecular weight is 492 g/mol. The summed E-state index contributed by atoms with van der Waals surface area (Å²) in [5.74, 6) is -0.193. The maximum atomic E-state index is 13.6. The van der Waals surface area contributed by atoms with Crippen LogP contribution in [-0.2, 0) is 19.6 Å². The van der Waals surface area contributed by atoms with Crippen LogP contribution in [0.4, 0.5) is 11.4 Å². The maximum Gasteiger partial charge on any atom is 0.250 e. The fraction of sp³-hybridized carbons (Fsp3) is 0.667. The largest absolute Gasteiger partial charge is 0.358 e. The fourth-order valence-electron chi connectivity index (χ4n) is 5.32. The van der Waals surface area contributed by atoms with E-state index in [0.717, 1.165) is 51.1 Å². The number of piperidine rings is 1. The lowest BCUT2D eigenvalue weighted by Crippen LogP contribution is -2.58. The first kappa shape index (κ1) is 24.9. The molecule has 0 unspecified atom stereocenters. The van der Waals surface area contributed by atoms with Crippen molar-refractivity contribution in [2.75, 3.05) is 68.7 Å². The molecule has 1 atom stereocenters. The van der Waals surface area contributed by atoms with Crippen LogP contribution in [0.15, 0.2) is 23.1 Å². The van der Waals surface area contributed by atoms with Crippen molar-refractivity contribution in [1.29, 1.82) is 0 Å². The van der Waals surface area contributed by atoms with Crippen molar-refractivity contribution >= 4 is 33.2 Å².